The second-order valence-corrected chi connectivity index (χ2v) is 6.30. The Kier molecular flexibility index (Phi) is 4.26. The molecule has 1 saturated heterocycles. The second kappa shape index (κ2) is 5.53. The van der Waals surface area contributed by atoms with E-state index in [1.807, 2.05) is 0 Å². The lowest BCUT2D eigenvalue weighted by Gasteiger charge is -2.43. The molecule has 0 spiro atoms. The van der Waals surface area contributed by atoms with Crippen molar-refractivity contribution in [2.45, 2.75) is 58.7 Å². The van der Waals surface area contributed by atoms with Gasteiger partial charge in [0, 0.05) is 31.2 Å². The summed E-state index contributed by atoms with van der Waals surface area (Å²) in [5.74, 6) is 1.63. The van der Waals surface area contributed by atoms with Crippen LogP contribution in [0.2, 0.25) is 0 Å². The minimum atomic E-state index is 0.637. The summed E-state index contributed by atoms with van der Waals surface area (Å²) in [6.45, 7) is 11.8. The summed E-state index contributed by atoms with van der Waals surface area (Å²) in [7, 11) is 0. The fraction of sp³-hybridized carbons (Fsp3) is 0.867. The number of piperazine rings is 1. The van der Waals surface area contributed by atoms with E-state index in [1.54, 1.807) is 0 Å². The van der Waals surface area contributed by atoms with Gasteiger partial charge in [0.15, 0.2) is 0 Å². The molecule has 1 N–H and O–H groups in total. The molecule has 1 aliphatic carbocycles. The summed E-state index contributed by atoms with van der Waals surface area (Å²) in [6.07, 6.45) is 7.42. The van der Waals surface area contributed by atoms with Gasteiger partial charge in [0.05, 0.1) is 0 Å². The van der Waals surface area contributed by atoms with Crippen molar-refractivity contribution >= 4 is 0 Å². The summed E-state index contributed by atoms with van der Waals surface area (Å²) in [5.41, 5.74) is 0. The maximum absolute atomic E-state index is 3.62. The van der Waals surface area contributed by atoms with Gasteiger partial charge in [0.2, 0.25) is 0 Å². The van der Waals surface area contributed by atoms with Crippen LogP contribution in [0.1, 0.15) is 40.5 Å². The van der Waals surface area contributed by atoms with Crippen molar-refractivity contribution in [2.75, 3.05) is 13.1 Å². The van der Waals surface area contributed by atoms with Gasteiger partial charge in [-0.15, -0.1) is 0 Å². The first-order valence-electron chi connectivity index (χ1n) is 7.23. The third-order valence-corrected chi connectivity index (χ3v) is 4.42. The molecule has 1 fully saturated rings. The number of allylic oxidation sites excluding steroid dienone is 2. The van der Waals surface area contributed by atoms with Crippen molar-refractivity contribution in [1.82, 2.24) is 10.2 Å². The molecule has 2 heteroatoms. The van der Waals surface area contributed by atoms with E-state index in [0.717, 1.165) is 17.9 Å². The van der Waals surface area contributed by atoms with E-state index >= 15 is 0 Å². The molecule has 98 valence electrons. The molecule has 0 bridgehead atoms. The maximum atomic E-state index is 3.62. The number of nitrogens with zero attached hydrogens (tertiary/aromatic N) is 1. The Morgan fingerprint density at radius 1 is 1.18 bits per heavy atom. The molecule has 5 atom stereocenters. The average Bonchev–Trinajstić information content (AvgIpc) is 2.26. The number of hydrogen-bond acceptors (Lipinski definition) is 2. The molecule has 17 heavy (non-hydrogen) atoms. The number of nitrogens with one attached hydrogen (secondary N) is 1. The minimum absolute atomic E-state index is 0.637. The van der Waals surface area contributed by atoms with Crippen LogP contribution in [-0.2, 0) is 0 Å². The lowest BCUT2D eigenvalue weighted by atomic mass is 9.82. The van der Waals surface area contributed by atoms with Crippen LogP contribution in [0.25, 0.3) is 0 Å². The Morgan fingerprint density at radius 3 is 2.41 bits per heavy atom. The molecule has 0 aromatic heterocycles. The van der Waals surface area contributed by atoms with E-state index in [2.05, 4.69) is 50.1 Å². The van der Waals surface area contributed by atoms with Crippen LogP contribution in [0, 0.1) is 11.8 Å². The van der Waals surface area contributed by atoms with Crippen LogP contribution in [0.5, 0.6) is 0 Å². The van der Waals surface area contributed by atoms with E-state index in [1.165, 1.54) is 25.9 Å². The van der Waals surface area contributed by atoms with Crippen LogP contribution in [0.15, 0.2) is 12.2 Å². The largest absolute Gasteiger partial charge is 0.309 e. The third kappa shape index (κ3) is 3.32. The van der Waals surface area contributed by atoms with Crippen molar-refractivity contribution < 1.29 is 0 Å². The highest BCUT2D eigenvalue weighted by Crippen LogP contribution is 2.29. The lowest BCUT2D eigenvalue weighted by molar-refractivity contribution is 0.0890. The Labute approximate surface area is 106 Å². The van der Waals surface area contributed by atoms with E-state index in [0.29, 0.717) is 12.1 Å². The molecule has 0 saturated carbocycles. The first-order chi connectivity index (χ1) is 8.06. The smallest absolute Gasteiger partial charge is 0.0169 e. The minimum Gasteiger partial charge on any atom is -0.309 e. The molecular formula is C15H28N2. The van der Waals surface area contributed by atoms with Crippen LogP contribution < -0.4 is 5.32 Å². The van der Waals surface area contributed by atoms with E-state index in [-0.39, 0.29) is 0 Å². The van der Waals surface area contributed by atoms with Gasteiger partial charge in [-0.2, -0.15) is 0 Å². The van der Waals surface area contributed by atoms with Gasteiger partial charge in [-0.3, -0.25) is 4.90 Å². The van der Waals surface area contributed by atoms with Crippen LogP contribution in [0.3, 0.4) is 0 Å². The molecule has 1 aliphatic heterocycles. The third-order valence-electron chi connectivity index (χ3n) is 4.42. The lowest BCUT2D eigenvalue weighted by Crippen LogP contribution is -2.57. The van der Waals surface area contributed by atoms with Crippen molar-refractivity contribution in [3.8, 4) is 0 Å². The van der Waals surface area contributed by atoms with Gasteiger partial charge in [0.1, 0.15) is 0 Å². The molecule has 0 aromatic carbocycles. The molecule has 0 aromatic rings. The monoisotopic (exact) mass is 236 g/mol. The number of rotatable bonds is 2. The Balaban J connectivity index is 1.94. The fourth-order valence-electron chi connectivity index (χ4n) is 3.53. The quantitative estimate of drug-likeness (QED) is 0.742. The zero-order valence-corrected chi connectivity index (χ0v) is 11.8. The van der Waals surface area contributed by atoms with Gasteiger partial charge < -0.3 is 5.32 Å². The zero-order valence-electron chi connectivity index (χ0n) is 11.8. The highest BCUT2D eigenvalue weighted by atomic mass is 15.2. The van der Waals surface area contributed by atoms with Gasteiger partial charge in [0.25, 0.3) is 0 Å². The summed E-state index contributed by atoms with van der Waals surface area (Å²) in [5, 5.41) is 3.62. The molecule has 2 nitrogen and oxygen atoms in total. The molecule has 0 radical (unpaired) electrons. The highest BCUT2D eigenvalue weighted by molar-refractivity contribution is 4.98. The second-order valence-electron chi connectivity index (χ2n) is 6.30. The molecule has 1 heterocycles. The van der Waals surface area contributed by atoms with E-state index in [4.69, 9.17) is 0 Å². The number of hydrogen-bond donors (Lipinski definition) is 1. The van der Waals surface area contributed by atoms with Crippen molar-refractivity contribution in [3.63, 3.8) is 0 Å². The fourth-order valence-corrected chi connectivity index (χ4v) is 3.53. The molecular weight excluding hydrogens is 208 g/mol. The first-order valence-corrected chi connectivity index (χ1v) is 7.23. The van der Waals surface area contributed by atoms with Gasteiger partial charge >= 0.3 is 0 Å². The van der Waals surface area contributed by atoms with Crippen LogP contribution >= 0.6 is 0 Å². The van der Waals surface area contributed by atoms with Crippen molar-refractivity contribution in [1.29, 1.82) is 0 Å². The average molecular weight is 236 g/mol. The summed E-state index contributed by atoms with van der Waals surface area (Å²) in [4.78, 5) is 2.70. The van der Waals surface area contributed by atoms with Gasteiger partial charge in [-0.1, -0.05) is 19.1 Å². The SMILES string of the molecule is CC1C=CCC([C@@H](C)N2CC(C)N[C@@H](C)C2)C1. The standard InChI is InChI=1S/C15H28N2/c1-11-6-5-7-15(8-11)14(4)17-9-12(2)16-13(3)10-17/h5-6,11-16H,7-10H2,1-4H3/t11?,12-,13?,14+,15?/m0/s1. The normalized spacial score (nSPS) is 41.4. The highest BCUT2D eigenvalue weighted by Gasteiger charge is 2.30. The molecule has 3 unspecified atom stereocenters. The topological polar surface area (TPSA) is 15.3 Å². The van der Waals surface area contributed by atoms with Crippen LogP contribution in [0.4, 0.5) is 0 Å². The van der Waals surface area contributed by atoms with Crippen LogP contribution in [-0.4, -0.2) is 36.1 Å². The molecule has 2 rings (SSSR count). The molecule has 0 amide bonds. The predicted molar refractivity (Wildman–Crippen MR) is 74.1 cm³/mol. The van der Waals surface area contributed by atoms with Crippen molar-refractivity contribution in [2.24, 2.45) is 11.8 Å². The predicted octanol–water partition coefficient (Wildman–Crippen LogP) is 2.66. The Bertz CT molecular complexity index is 264. The zero-order chi connectivity index (χ0) is 12.4. The molecule has 2 aliphatic rings. The first kappa shape index (κ1) is 13.1. The summed E-state index contributed by atoms with van der Waals surface area (Å²) < 4.78 is 0. The summed E-state index contributed by atoms with van der Waals surface area (Å²) >= 11 is 0. The van der Waals surface area contributed by atoms with E-state index < -0.39 is 0 Å². The van der Waals surface area contributed by atoms with Gasteiger partial charge in [-0.25, -0.2) is 0 Å². The Hall–Kier alpha value is -0.340. The maximum Gasteiger partial charge on any atom is 0.0169 e. The van der Waals surface area contributed by atoms with E-state index in [9.17, 15) is 0 Å². The summed E-state index contributed by atoms with van der Waals surface area (Å²) in [6, 6.07) is 2.00. The Morgan fingerprint density at radius 2 is 1.82 bits per heavy atom. The van der Waals surface area contributed by atoms with Crippen molar-refractivity contribution in [3.05, 3.63) is 12.2 Å². The van der Waals surface area contributed by atoms with Gasteiger partial charge in [-0.05, 0) is 45.4 Å².